The Balaban J connectivity index is 2.05. The average molecular weight is 327 g/mol. The van der Waals surface area contributed by atoms with Crippen molar-refractivity contribution in [2.24, 2.45) is 5.29 Å². The predicted molar refractivity (Wildman–Crippen MR) is 77.6 cm³/mol. The second-order valence-electron chi connectivity index (χ2n) is 5.20. The van der Waals surface area contributed by atoms with Gasteiger partial charge in [-0.2, -0.15) is 5.01 Å². The Morgan fingerprint density at radius 1 is 1.61 bits per heavy atom. The number of carbonyl (C=O) groups is 1. The summed E-state index contributed by atoms with van der Waals surface area (Å²) in [5.41, 5.74) is -0.802. The zero-order valence-corrected chi connectivity index (χ0v) is 12.6. The van der Waals surface area contributed by atoms with E-state index in [0.717, 1.165) is 0 Å². The van der Waals surface area contributed by atoms with Crippen molar-refractivity contribution in [2.75, 3.05) is 13.6 Å². The van der Waals surface area contributed by atoms with Gasteiger partial charge in [0.15, 0.2) is 0 Å². The molecule has 0 saturated carbocycles. The molecule has 0 spiro atoms. The van der Waals surface area contributed by atoms with Crippen LogP contribution in [-0.4, -0.2) is 51.5 Å². The number of rotatable bonds is 4. The molecule has 1 aromatic heterocycles. The van der Waals surface area contributed by atoms with E-state index in [1.807, 2.05) is 0 Å². The average Bonchev–Trinajstić information content (AvgIpc) is 2.88. The van der Waals surface area contributed by atoms with Gasteiger partial charge in [0.25, 0.3) is 5.56 Å². The van der Waals surface area contributed by atoms with Crippen LogP contribution < -0.4 is 16.6 Å². The maximum atomic E-state index is 11.8. The summed E-state index contributed by atoms with van der Waals surface area (Å²) in [6.07, 6.45) is -0.981. The van der Waals surface area contributed by atoms with E-state index in [-0.39, 0.29) is 13.0 Å². The highest BCUT2D eigenvalue weighted by Crippen LogP contribution is 2.27. The quantitative estimate of drug-likeness (QED) is 0.468. The number of amides is 2. The topological polar surface area (TPSA) is 146 Å². The number of nitrogens with zero attached hydrogens (tertiary/aromatic N) is 3. The second-order valence-corrected chi connectivity index (χ2v) is 5.20. The van der Waals surface area contributed by atoms with E-state index in [2.05, 4.69) is 15.6 Å². The molecule has 3 N–H and O–H groups in total. The van der Waals surface area contributed by atoms with Crippen LogP contribution in [0, 0.1) is 11.8 Å². The van der Waals surface area contributed by atoms with Gasteiger partial charge in [0.05, 0.1) is 11.4 Å². The number of aromatic nitrogens is 2. The molecule has 126 valence electrons. The molecule has 0 unspecified atom stereocenters. The van der Waals surface area contributed by atoms with Crippen LogP contribution in [0.25, 0.3) is 0 Å². The van der Waals surface area contributed by atoms with Gasteiger partial charge in [0.1, 0.15) is 12.3 Å². The van der Waals surface area contributed by atoms with Crippen LogP contribution >= 0.6 is 0 Å². The van der Waals surface area contributed by atoms with E-state index in [0.29, 0.717) is 10.6 Å². The Labute approximate surface area is 129 Å². The van der Waals surface area contributed by atoms with Crippen LogP contribution in [0.15, 0.2) is 21.1 Å². The van der Waals surface area contributed by atoms with E-state index in [1.165, 1.54) is 17.8 Å². The molecular weight excluding hydrogens is 310 g/mol. The first kappa shape index (κ1) is 16.8. The van der Waals surface area contributed by atoms with Crippen molar-refractivity contribution >= 4 is 6.03 Å². The van der Waals surface area contributed by atoms with Gasteiger partial charge in [-0.15, -0.1) is 4.91 Å². The Morgan fingerprint density at radius 2 is 2.30 bits per heavy atom. The van der Waals surface area contributed by atoms with Crippen molar-refractivity contribution in [3.63, 3.8) is 0 Å². The number of H-pyrrole nitrogens is 1. The zero-order valence-electron chi connectivity index (χ0n) is 12.6. The molecule has 0 radical (unpaired) electrons. The molecule has 0 bridgehead atoms. The third kappa shape index (κ3) is 3.63. The molecule has 2 rings (SSSR count). The maximum absolute atomic E-state index is 11.8. The smallest absolute Gasteiger partial charge is 0.340 e. The first-order valence-electron chi connectivity index (χ1n) is 6.84. The first-order chi connectivity index (χ1) is 10.8. The van der Waals surface area contributed by atoms with Gasteiger partial charge < -0.3 is 15.2 Å². The summed E-state index contributed by atoms with van der Waals surface area (Å²) in [4.78, 5) is 46.9. The van der Waals surface area contributed by atoms with Crippen LogP contribution in [-0.2, 0) is 4.74 Å². The minimum Gasteiger partial charge on any atom is -0.390 e. The largest absolute Gasteiger partial charge is 0.390 e. The van der Waals surface area contributed by atoms with E-state index >= 15 is 0 Å². The van der Waals surface area contributed by atoms with Gasteiger partial charge in [-0.05, 0) is 6.92 Å². The Hall–Kier alpha value is -2.53. The SMILES string of the molecule is Cc1cn([C@H]2C[C@H](O)[C@@H](CNC(=O)N(C)N=O)O2)c(=O)[nH]c1=O. The number of carbonyl (C=O) groups excluding carboxylic acids is 1. The highest BCUT2D eigenvalue weighted by atomic mass is 16.5. The molecule has 1 saturated heterocycles. The van der Waals surface area contributed by atoms with Gasteiger partial charge in [0.2, 0.25) is 0 Å². The molecular formula is C12H17N5O6. The summed E-state index contributed by atoms with van der Waals surface area (Å²) < 4.78 is 6.73. The lowest BCUT2D eigenvalue weighted by atomic mass is 10.2. The third-order valence-corrected chi connectivity index (χ3v) is 3.53. The van der Waals surface area contributed by atoms with Crippen LogP contribution in [0.5, 0.6) is 0 Å². The van der Waals surface area contributed by atoms with Crippen LogP contribution in [0.4, 0.5) is 4.79 Å². The standard InChI is InChI=1S/C12H17N5O6/c1-6-5-17(12(21)14-10(6)19)9-3-7(18)8(23-9)4-13-11(20)16(2)15-22/h5,7-9,18H,3-4H2,1-2H3,(H,13,20)(H,14,19,21)/t7-,8+,9+/m0/s1. The lowest BCUT2D eigenvalue weighted by Gasteiger charge is -2.17. The minimum atomic E-state index is -0.922. The molecule has 11 heteroatoms. The van der Waals surface area contributed by atoms with Crippen molar-refractivity contribution in [2.45, 2.75) is 31.8 Å². The fraction of sp³-hybridized carbons (Fsp3) is 0.583. The molecule has 11 nitrogen and oxygen atoms in total. The number of aromatic amines is 1. The first-order valence-corrected chi connectivity index (χ1v) is 6.84. The summed E-state index contributed by atoms with van der Waals surface area (Å²) in [5, 5.41) is 15.4. The maximum Gasteiger partial charge on any atom is 0.340 e. The number of nitrogens with one attached hydrogen (secondary N) is 2. The summed E-state index contributed by atoms with van der Waals surface area (Å²) in [5.74, 6) is 0. The Kier molecular flexibility index (Phi) is 4.91. The molecule has 1 fully saturated rings. The highest BCUT2D eigenvalue weighted by Gasteiger charge is 2.35. The van der Waals surface area contributed by atoms with Gasteiger partial charge in [-0.1, -0.05) is 0 Å². The third-order valence-electron chi connectivity index (χ3n) is 3.53. The highest BCUT2D eigenvalue weighted by molar-refractivity contribution is 5.73. The fourth-order valence-corrected chi connectivity index (χ4v) is 2.21. The molecule has 2 amide bonds. The predicted octanol–water partition coefficient (Wildman–Crippen LogP) is -1.18. The lowest BCUT2D eigenvalue weighted by molar-refractivity contribution is -0.0183. The summed E-state index contributed by atoms with van der Waals surface area (Å²) in [6, 6.07) is -0.740. The van der Waals surface area contributed by atoms with Crippen molar-refractivity contribution in [1.29, 1.82) is 0 Å². The summed E-state index contributed by atoms with van der Waals surface area (Å²) in [6.45, 7) is 1.48. The number of urea groups is 1. The van der Waals surface area contributed by atoms with Crippen molar-refractivity contribution in [3.8, 4) is 0 Å². The van der Waals surface area contributed by atoms with E-state index in [4.69, 9.17) is 4.74 Å². The van der Waals surface area contributed by atoms with Crippen LogP contribution in [0.1, 0.15) is 18.2 Å². The number of aliphatic hydroxyl groups is 1. The van der Waals surface area contributed by atoms with Crippen molar-refractivity contribution in [1.82, 2.24) is 19.9 Å². The van der Waals surface area contributed by atoms with Gasteiger partial charge in [0, 0.05) is 31.8 Å². The molecule has 2 heterocycles. The molecule has 23 heavy (non-hydrogen) atoms. The van der Waals surface area contributed by atoms with Crippen molar-refractivity contribution in [3.05, 3.63) is 37.5 Å². The normalized spacial score (nSPS) is 23.5. The zero-order chi connectivity index (χ0) is 17.1. The number of hydrogen-bond donors (Lipinski definition) is 3. The Bertz CT molecular complexity index is 713. The molecule has 1 aromatic rings. The van der Waals surface area contributed by atoms with Crippen LogP contribution in [0.3, 0.4) is 0 Å². The van der Waals surface area contributed by atoms with Gasteiger partial charge in [-0.25, -0.2) is 9.59 Å². The van der Waals surface area contributed by atoms with Crippen LogP contribution in [0.2, 0.25) is 0 Å². The Morgan fingerprint density at radius 3 is 2.96 bits per heavy atom. The van der Waals surface area contributed by atoms with Gasteiger partial charge in [-0.3, -0.25) is 14.3 Å². The second kappa shape index (κ2) is 6.71. The summed E-state index contributed by atoms with van der Waals surface area (Å²) >= 11 is 0. The number of aliphatic hydroxyl groups excluding tert-OH is 1. The summed E-state index contributed by atoms with van der Waals surface area (Å²) in [7, 11) is 1.18. The molecule has 3 atom stereocenters. The molecule has 0 aliphatic carbocycles. The van der Waals surface area contributed by atoms with Gasteiger partial charge >= 0.3 is 11.7 Å². The monoisotopic (exact) mass is 327 g/mol. The van der Waals surface area contributed by atoms with Crippen molar-refractivity contribution < 1.29 is 14.6 Å². The number of nitroso groups, excluding NO2 is 1. The van der Waals surface area contributed by atoms with E-state index in [1.54, 1.807) is 6.92 Å². The molecule has 0 aromatic carbocycles. The number of hydrogen-bond acceptors (Lipinski definition) is 7. The number of ether oxygens (including phenoxy) is 1. The number of aryl methyl sites for hydroxylation is 1. The minimum absolute atomic E-state index is 0.0621. The fourth-order valence-electron chi connectivity index (χ4n) is 2.21. The van der Waals surface area contributed by atoms with E-state index < -0.39 is 35.7 Å². The molecule has 1 aliphatic rings. The molecule has 1 aliphatic heterocycles. The van der Waals surface area contributed by atoms with E-state index in [9.17, 15) is 24.4 Å². The lowest BCUT2D eigenvalue weighted by Crippen LogP contribution is -2.41.